The second-order valence-corrected chi connectivity index (χ2v) is 5.82. The summed E-state index contributed by atoms with van der Waals surface area (Å²) in [5.41, 5.74) is 2.11. The number of aliphatic carboxylic acids is 1. The molecule has 0 aliphatic carbocycles. The quantitative estimate of drug-likeness (QED) is 0.852. The monoisotopic (exact) mass is 288 g/mol. The van der Waals surface area contributed by atoms with Gasteiger partial charge in [-0.05, 0) is 37.1 Å². The van der Waals surface area contributed by atoms with Crippen molar-refractivity contribution in [2.75, 3.05) is 13.1 Å². The third-order valence-electron chi connectivity index (χ3n) is 4.51. The fourth-order valence-electron chi connectivity index (χ4n) is 3.28. The molecule has 1 aromatic rings. The molecule has 1 amide bonds. The molecule has 5 nitrogen and oxygen atoms in total. The molecule has 1 saturated heterocycles. The Bertz CT molecular complexity index is 552. The van der Waals surface area contributed by atoms with Crippen LogP contribution in [0.3, 0.4) is 0 Å². The normalized spacial score (nSPS) is 22.7. The van der Waals surface area contributed by atoms with Crippen LogP contribution in [0.5, 0.6) is 0 Å². The number of nitrogens with one attached hydrogen (secondary N) is 1. The Balaban J connectivity index is 1.85. The average Bonchev–Trinajstić information content (AvgIpc) is 2.53. The Labute approximate surface area is 123 Å². The summed E-state index contributed by atoms with van der Waals surface area (Å²) in [7, 11) is 0. The second-order valence-electron chi connectivity index (χ2n) is 5.82. The van der Waals surface area contributed by atoms with Gasteiger partial charge in [0.05, 0.1) is 0 Å². The molecule has 0 spiro atoms. The van der Waals surface area contributed by atoms with Gasteiger partial charge in [0.25, 0.3) is 0 Å². The van der Waals surface area contributed by atoms with E-state index in [1.165, 1.54) is 0 Å². The summed E-state index contributed by atoms with van der Waals surface area (Å²) in [4.78, 5) is 25.8. The Hall–Kier alpha value is -1.88. The number of carbonyl (C=O) groups excluding carboxylic acids is 1. The minimum Gasteiger partial charge on any atom is -0.480 e. The van der Waals surface area contributed by atoms with Crippen LogP contribution in [0, 0.1) is 5.92 Å². The first kappa shape index (κ1) is 14.1. The van der Waals surface area contributed by atoms with Crippen LogP contribution in [0.15, 0.2) is 24.3 Å². The summed E-state index contributed by atoms with van der Waals surface area (Å²) in [6.07, 6.45) is 1.99. The highest BCUT2D eigenvalue weighted by Gasteiger charge is 2.37. The largest absolute Gasteiger partial charge is 0.480 e. The number of carboxylic acid groups (broad SMARTS) is 1. The topological polar surface area (TPSA) is 69.6 Å². The van der Waals surface area contributed by atoms with Gasteiger partial charge in [-0.1, -0.05) is 24.3 Å². The number of carboxylic acids is 1. The minimum atomic E-state index is -0.910. The van der Waals surface area contributed by atoms with Crippen LogP contribution in [0.1, 0.15) is 24.0 Å². The molecule has 1 aromatic carbocycles. The summed E-state index contributed by atoms with van der Waals surface area (Å²) in [6, 6.07) is 7.06. The number of hydrogen-bond acceptors (Lipinski definition) is 3. The summed E-state index contributed by atoms with van der Waals surface area (Å²) in [5, 5.41) is 12.7. The lowest BCUT2D eigenvalue weighted by molar-refractivity contribution is -0.153. The van der Waals surface area contributed by atoms with E-state index in [9.17, 15) is 14.7 Å². The second kappa shape index (κ2) is 5.85. The first-order chi connectivity index (χ1) is 10.2. The predicted octanol–water partition coefficient (Wildman–Crippen LogP) is 1.02. The molecule has 21 heavy (non-hydrogen) atoms. The molecule has 112 valence electrons. The van der Waals surface area contributed by atoms with Gasteiger partial charge in [-0.15, -0.1) is 0 Å². The van der Waals surface area contributed by atoms with Crippen LogP contribution in [0.4, 0.5) is 0 Å². The van der Waals surface area contributed by atoms with Gasteiger partial charge in [-0.3, -0.25) is 4.79 Å². The Morgan fingerprint density at radius 1 is 1.14 bits per heavy atom. The highest BCUT2D eigenvalue weighted by atomic mass is 16.4. The standard InChI is InChI=1S/C16H20N2O3/c19-15(11-5-7-17-8-6-11)18-10-13-4-2-1-3-12(13)9-14(18)16(20)21/h1-4,11,14,17H,5-10H2,(H,20,21)/t14-/m1/s1. The van der Waals surface area contributed by atoms with E-state index in [1.54, 1.807) is 4.90 Å². The number of rotatable bonds is 2. The van der Waals surface area contributed by atoms with Gasteiger partial charge in [0.1, 0.15) is 6.04 Å². The summed E-state index contributed by atoms with van der Waals surface area (Å²) in [5.74, 6) is -0.955. The Morgan fingerprint density at radius 3 is 2.48 bits per heavy atom. The van der Waals surface area contributed by atoms with E-state index >= 15 is 0 Å². The zero-order valence-electron chi connectivity index (χ0n) is 11.9. The molecule has 2 aliphatic rings. The third-order valence-corrected chi connectivity index (χ3v) is 4.51. The number of nitrogens with zero attached hydrogens (tertiary/aromatic N) is 1. The lowest BCUT2D eigenvalue weighted by Gasteiger charge is -2.37. The SMILES string of the molecule is O=C(O)[C@H]1Cc2ccccc2CN1C(=O)C1CCNCC1. The van der Waals surface area contributed by atoms with Crippen LogP contribution in [-0.4, -0.2) is 41.0 Å². The van der Waals surface area contributed by atoms with Crippen molar-refractivity contribution in [3.63, 3.8) is 0 Å². The van der Waals surface area contributed by atoms with E-state index in [-0.39, 0.29) is 11.8 Å². The number of fused-ring (bicyclic) bond motifs is 1. The summed E-state index contributed by atoms with van der Waals surface area (Å²) in [6.45, 7) is 2.08. The fourth-order valence-corrected chi connectivity index (χ4v) is 3.28. The molecule has 2 N–H and O–H groups in total. The maximum Gasteiger partial charge on any atom is 0.326 e. The maximum atomic E-state index is 12.7. The Morgan fingerprint density at radius 2 is 1.81 bits per heavy atom. The number of benzene rings is 1. The van der Waals surface area contributed by atoms with Gasteiger partial charge >= 0.3 is 5.97 Å². The molecule has 3 rings (SSSR count). The Kier molecular flexibility index (Phi) is 3.92. The summed E-state index contributed by atoms with van der Waals surface area (Å²) >= 11 is 0. The van der Waals surface area contributed by atoms with Crippen LogP contribution in [0.2, 0.25) is 0 Å². The zero-order chi connectivity index (χ0) is 14.8. The number of amides is 1. The highest BCUT2D eigenvalue weighted by molar-refractivity contribution is 5.86. The molecule has 0 saturated carbocycles. The van der Waals surface area contributed by atoms with E-state index in [0.29, 0.717) is 13.0 Å². The fraction of sp³-hybridized carbons (Fsp3) is 0.500. The third kappa shape index (κ3) is 2.78. The van der Waals surface area contributed by atoms with E-state index in [0.717, 1.165) is 37.1 Å². The number of carbonyl (C=O) groups is 2. The minimum absolute atomic E-state index is 0.00148. The van der Waals surface area contributed by atoms with Gasteiger partial charge in [0, 0.05) is 18.9 Å². The van der Waals surface area contributed by atoms with E-state index < -0.39 is 12.0 Å². The van der Waals surface area contributed by atoms with Crippen molar-refractivity contribution in [3.8, 4) is 0 Å². The molecule has 1 atom stereocenters. The molecule has 5 heteroatoms. The first-order valence-corrected chi connectivity index (χ1v) is 7.47. The van der Waals surface area contributed by atoms with Crippen LogP contribution in [0.25, 0.3) is 0 Å². The van der Waals surface area contributed by atoms with Gasteiger partial charge in [0.15, 0.2) is 0 Å². The van der Waals surface area contributed by atoms with Crippen molar-refractivity contribution in [3.05, 3.63) is 35.4 Å². The summed E-state index contributed by atoms with van der Waals surface area (Å²) < 4.78 is 0. The van der Waals surface area contributed by atoms with Gasteiger partial charge in [-0.25, -0.2) is 4.79 Å². The first-order valence-electron chi connectivity index (χ1n) is 7.47. The highest BCUT2D eigenvalue weighted by Crippen LogP contribution is 2.27. The lowest BCUT2D eigenvalue weighted by Crippen LogP contribution is -2.51. The zero-order valence-corrected chi connectivity index (χ0v) is 11.9. The maximum absolute atomic E-state index is 12.7. The van der Waals surface area contributed by atoms with Crippen molar-refractivity contribution in [1.29, 1.82) is 0 Å². The molecule has 0 bridgehead atoms. The molecule has 0 aromatic heterocycles. The number of piperidine rings is 1. The van der Waals surface area contributed by atoms with Gasteiger partial charge < -0.3 is 15.3 Å². The lowest BCUT2D eigenvalue weighted by atomic mass is 9.90. The molecule has 1 fully saturated rings. The van der Waals surface area contributed by atoms with Gasteiger partial charge in [0.2, 0.25) is 5.91 Å². The van der Waals surface area contributed by atoms with Gasteiger partial charge in [-0.2, -0.15) is 0 Å². The predicted molar refractivity (Wildman–Crippen MR) is 77.7 cm³/mol. The van der Waals surface area contributed by atoms with E-state index in [1.807, 2.05) is 24.3 Å². The smallest absolute Gasteiger partial charge is 0.326 e. The molecular weight excluding hydrogens is 268 g/mol. The van der Waals surface area contributed by atoms with Crippen molar-refractivity contribution >= 4 is 11.9 Å². The average molecular weight is 288 g/mol. The van der Waals surface area contributed by atoms with Crippen molar-refractivity contribution in [1.82, 2.24) is 10.2 Å². The molecular formula is C16H20N2O3. The molecule has 2 aliphatic heterocycles. The van der Waals surface area contributed by atoms with E-state index in [2.05, 4.69) is 5.32 Å². The van der Waals surface area contributed by atoms with Crippen molar-refractivity contribution in [2.24, 2.45) is 5.92 Å². The van der Waals surface area contributed by atoms with E-state index in [4.69, 9.17) is 0 Å². The van der Waals surface area contributed by atoms with Crippen molar-refractivity contribution in [2.45, 2.75) is 31.8 Å². The molecule has 2 heterocycles. The van der Waals surface area contributed by atoms with Crippen LogP contribution in [-0.2, 0) is 22.6 Å². The van der Waals surface area contributed by atoms with Crippen LogP contribution >= 0.6 is 0 Å². The molecule has 0 radical (unpaired) electrons. The van der Waals surface area contributed by atoms with Crippen molar-refractivity contribution < 1.29 is 14.7 Å². The number of hydrogen-bond donors (Lipinski definition) is 2. The van der Waals surface area contributed by atoms with Crippen LogP contribution < -0.4 is 5.32 Å². The molecule has 0 unspecified atom stereocenters.